The maximum atomic E-state index is 12.5. The van der Waals surface area contributed by atoms with Crippen LogP contribution in [0, 0.1) is 0 Å². The number of hydrogen-bond donors (Lipinski definition) is 0. The minimum atomic E-state index is -3.50. The lowest BCUT2D eigenvalue weighted by molar-refractivity contribution is 0.0730. The summed E-state index contributed by atoms with van der Waals surface area (Å²) in [4.78, 5) is 5.32. The zero-order valence-electron chi connectivity index (χ0n) is 12.2. The minimum Gasteiger partial charge on any atom is -0.379 e. The van der Waals surface area contributed by atoms with E-state index in [-0.39, 0.29) is 4.90 Å². The van der Waals surface area contributed by atoms with Gasteiger partial charge in [0.05, 0.1) is 18.2 Å². The van der Waals surface area contributed by atoms with Crippen molar-refractivity contribution in [1.29, 1.82) is 0 Å². The highest BCUT2D eigenvalue weighted by Gasteiger charge is 2.26. The summed E-state index contributed by atoms with van der Waals surface area (Å²) in [6.45, 7) is 1.59. The Kier molecular flexibility index (Phi) is 5.23. The zero-order chi connectivity index (χ0) is 16.3. The van der Waals surface area contributed by atoms with Gasteiger partial charge in [0.15, 0.2) is 0 Å². The van der Waals surface area contributed by atoms with E-state index in [2.05, 4.69) is 4.98 Å². The van der Waals surface area contributed by atoms with Crippen molar-refractivity contribution in [3.05, 3.63) is 47.6 Å². The summed E-state index contributed by atoms with van der Waals surface area (Å²) >= 11 is 7.51. The second-order valence-electron chi connectivity index (χ2n) is 4.88. The third-order valence-electron chi connectivity index (χ3n) is 3.37. The topological polar surface area (TPSA) is 59.5 Å². The van der Waals surface area contributed by atoms with Crippen LogP contribution in [-0.4, -0.2) is 44.0 Å². The van der Waals surface area contributed by atoms with Gasteiger partial charge in [-0.25, -0.2) is 13.4 Å². The van der Waals surface area contributed by atoms with Crippen LogP contribution in [0.25, 0.3) is 0 Å². The molecule has 1 saturated heterocycles. The van der Waals surface area contributed by atoms with Crippen LogP contribution in [0.3, 0.4) is 0 Å². The molecule has 23 heavy (non-hydrogen) atoms. The van der Waals surface area contributed by atoms with Crippen molar-refractivity contribution in [2.45, 2.75) is 14.8 Å². The highest BCUT2D eigenvalue weighted by molar-refractivity contribution is 7.99. The molecule has 0 N–H and O–H groups in total. The number of nitrogens with zero attached hydrogens (tertiary/aromatic N) is 2. The fraction of sp³-hybridized carbons (Fsp3) is 0.267. The molecule has 3 rings (SSSR count). The number of benzene rings is 1. The van der Waals surface area contributed by atoms with Crippen molar-refractivity contribution in [2.24, 2.45) is 0 Å². The summed E-state index contributed by atoms with van der Waals surface area (Å²) in [5.41, 5.74) is 0. The van der Waals surface area contributed by atoms with Crippen molar-refractivity contribution in [3.63, 3.8) is 0 Å². The van der Waals surface area contributed by atoms with Gasteiger partial charge < -0.3 is 4.74 Å². The van der Waals surface area contributed by atoms with E-state index in [0.29, 0.717) is 36.4 Å². The van der Waals surface area contributed by atoms with Crippen molar-refractivity contribution in [2.75, 3.05) is 26.3 Å². The number of sulfonamides is 1. The standard InChI is InChI=1S/C15H15ClN2O3S2/c16-13-3-1-2-4-14(13)22-15-6-5-12(11-17-15)23(19,20)18-7-9-21-10-8-18/h1-6,11H,7-10H2. The van der Waals surface area contributed by atoms with Crippen LogP contribution in [0.5, 0.6) is 0 Å². The minimum absolute atomic E-state index is 0.197. The first kappa shape index (κ1) is 16.7. The number of hydrogen-bond acceptors (Lipinski definition) is 5. The Balaban J connectivity index is 1.78. The highest BCUT2D eigenvalue weighted by Crippen LogP contribution is 2.32. The normalized spacial score (nSPS) is 16.4. The molecule has 1 aliphatic rings. The summed E-state index contributed by atoms with van der Waals surface area (Å²) in [6, 6.07) is 10.7. The molecular weight excluding hydrogens is 356 g/mol. The van der Waals surface area contributed by atoms with E-state index in [1.807, 2.05) is 18.2 Å². The molecule has 2 heterocycles. The third kappa shape index (κ3) is 3.87. The predicted octanol–water partition coefficient (Wildman–Crippen LogP) is 2.91. The van der Waals surface area contributed by atoms with Crippen molar-refractivity contribution in [1.82, 2.24) is 9.29 Å². The van der Waals surface area contributed by atoms with Gasteiger partial charge in [0.25, 0.3) is 0 Å². The smallest absolute Gasteiger partial charge is 0.244 e. The fourth-order valence-corrected chi connectivity index (χ4v) is 4.54. The van der Waals surface area contributed by atoms with Crippen LogP contribution < -0.4 is 0 Å². The van der Waals surface area contributed by atoms with Crippen LogP contribution in [0.1, 0.15) is 0 Å². The lowest BCUT2D eigenvalue weighted by Crippen LogP contribution is -2.40. The Labute approximate surface area is 144 Å². The van der Waals surface area contributed by atoms with E-state index in [1.165, 1.54) is 22.3 Å². The zero-order valence-corrected chi connectivity index (χ0v) is 14.6. The summed E-state index contributed by atoms with van der Waals surface area (Å²) in [6.07, 6.45) is 1.39. The monoisotopic (exact) mass is 370 g/mol. The molecule has 0 amide bonds. The first-order valence-electron chi connectivity index (χ1n) is 7.04. The van der Waals surface area contributed by atoms with E-state index in [1.54, 1.807) is 18.2 Å². The van der Waals surface area contributed by atoms with Crippen LogP contribution >= 0.6 is 23.4 Å². The fourth-order valence-electron chi connectivity index (χ4n) is 2.16. The summed E-state index contributed by atoms with van der Waals surface area (Å²) in [7, 11) is -3.50. The lowest BCUT2D eigenvalue weighted by Gasteiger charge is -2.25. The molecule has 0 saturated carbocycles. The molecular formula is C15H15ClN2O3S2. The van der Waals surface area contributed by atoms with Gasteiger partial charge in [0.2, 0.25) is 10.0 Å². The summed E-state index contributed by atoms with van der Waals surface area (Å²) in [5, 5.41) is 1.34. The molecule has 0 atom stereocenters. The molecule has 0 unspecified atom stereocenters. The number of rotatable bonds is 4. The predicted molar refractivity (Wildman–Crippen MR) is 89.4 cm³/mol. The molecule has 122 valence electrons. The average molecular weight is 371 g/mol. The van der Waals surface area contributed by atoms with Crippen LogP contribution in [-0.2, 0) is 14.8 Å². The second kappa shape index (κ2) is 7.19. The average Bonchev–Trinajstić information content (AvgIpc) is 2.58. The highest BCUT2D eigenvalue weighted by atomic mass is 35.5. The van der Waals surface area contributed by atoms with Gasteiger partial charge in [-0.2, -0.15) is 4.31 Å². The molecule has 1 aromatic heterocycles. The number of morpholine rings is 1. The molecule has 5 nitrogen and oxygen atoms in total. The number of halogens is 1. The molecule has 0 spiro atoms. The Morgan fingerprint density at radius 1 is 1.13 bits per heavy atom. The summed E-state index contributed by atoms with van der Waals surface area (Å²) in [5.74, 6) is 0. The Hall–Kier alpha value is -1.12. The number of ether oxygens (including phenoxy) is 1. The quantitative estimate of drug-likeness (QED) is 0.828. The van der Waals surface area contributed by atoms with Gasteiger partial charge >= 0.3 is 0 Å². The first-order chi connectivity index (χ1) is 11.1. The summed E-state index contributed by atoms with van der Waals surface area (Å²) < 4.78 is 31.6. The van der Waals surface area contributed by atoms with Gasteiger partial charge in [-0.3, -0.25) is 0 Å². The van der Waals surface area contributed by atoms with E-state index in [9.17, 15) is 8.42 Å². The van der Waals surface area contributed by atoms with Crippen molar-refractivity contribution < 1.29 is 13.2 Å². The molecule has 0 bridgehead atoms. The van der Waals surface area contributed by atoms with E-state index >= 15 is 0 Å². The first-order valence-corrected chi connectivity index (χ1v) is 9.67. The molecule has 1 aliphatic heterocycles. The third-order valence-corrected chi connectivity index (χ3v) is 6.72. The molecule has 2 aromatic rings. The van der Waals surface area contributed by atoms with Crippen molar-refractivity contribution in [3.8, 4) is 0 Å². The van der Waals surface area contributed by atoms with Crippen LogP contribution in [0.15, 0.2) is 57.4 Å². The largest absolute Gasteiger partial charge is 0.379 e. The molecule has 1 aromatic carbocycles. The molecule has 8 heteroatoms. The van der Waals surface area contributed by atoms with Gasteiger partial charge in [0.1, 0.15) is 9.92 Å². The van der Waals surface area contributed by atoms with Crippen LogP contribution in [0.4, 0.5) is 0 Å². The number of pyridine rings is 1. The second-order valence-corrected chi connectivity index (χ2v) is 8.29. The van der Waals surface area contributed by atoms with Gasteiger partial charge in [-0.15, -0.1) is 0 Å². The van der Waals surface area contributed by atoms with Crippen LogP contribution in [0.2, 0.25) is 5.02 Å². The molecule has 0 radical (unpaired) electrons. The number of aromatic nitrogens is 1. The lowest BCUT2D eigenvalue weighted by atomic mass is 10.4. The SMILES string of the molecule is O=S(=O)(c1ccc(Sc2ccccc2Cl)nc1)N1CCOCC1. The van der Waals surface area contributed by atoms with E-state index in [0.717, 1.165) is 4.90 Å². The Morgan fingerprint density at radius 2 is 1.87 bits per heavy atom. The Bertz CT molecular complexity index is 776. The maximum Gasteiger partial charge on any atom is 0.244 e. The molecule has 1 fully saturated rings. The molecule has 0 aliphatic carbocycles. The van der Waals surface area contributed by atoms with Gasteiger partial charge in [0, 0.05) is 24.2 Å². The van der Waals surface area contributed by atoms with Crippen molar-refractivity contribution >= 4 is 33.4 Å². The Morgan fingerprint density at radius 3 is 2.52 bits per heavy atom. The van der Waals surface area contributed by atoms with E-state index < -0.39 is 10.0 Å². The van der Waals surface area contributed by atoms with E-state index in [4.69, 9.17) is 16.3 Å². The van der Waals surface area contributed by atoms with Gasteiger partial charge in [-0.1, -0.05) is 35.5 Å². The van der Waals surface area contributed by atoms with Gasteiger partial charge in [-0.05, 0) is 24.3 Å². The maximum absolute atomic E-state index is 12.5.